The van der Waals surface area contributed by atoms with Crippen molar-refractivity contribution in [2.75, 3.05) is 39.3 Å². The van der Waals surface area contributed by atoms with Gasteiger partial charge in [0.05, 0.1) is 0 Å². The molecule has 0 radical (unpaired) electrons. The Labute approximate surface area is 235 Å². The first kappa shape index (κ1) is 28.3. The molecule has 2 N–H and O–H groups in total. The highest BCUT2D eigenvalue weighted by molar-refractivity contribution is 6.02. The molecule has 5 rings (SSSR count). The SMILES string of the molecule is Cc1cccc(C2[C@@H](C(=O)c3cccc(F)c3)CN(CCC3CNCCN3)C[C@H]2C(=O)c2cccc(F)c2)c1C. The number of ketones is 2. The van der Waals surface area contributed by atoms with Gasteiger partial charge in [0, 0.05) is 67.6 Å². The number of Topliss-reactive ketones (excluding diaryl/α,β-unsaturated/α-hetero) is 2. The molecule has 0 spiro atoms. The molecule has 4 atom stereocenters. The monoisotopic (exact) mass is 545 g/mol. The summed E-state index contributed by atoms with van der Waals surface area (Å²) in [5.41, 5.74) is 3.66. The van der Waals surface area contributed by atoms with Gasteiger partial charge in [-0.1, -0.05) is 42.5 Å². The number of hydrogen-bond donors (Lipinski definition) is 2. The zero-order valence-electron chi connectivity index (χ0n) is 23.1. The lowest BCUT2D eigenvalue weighted by Crippen LogP contribution is -2.53. The minimum atomic E-state index is -0.573. The normalized spacial score (nSPS) is 23.6. The van der Waals surface area contributed by atoms with E-state index < -0.39 is 29.4 Å². The third-order valence-electron chi connectivity index (χ3n) is 8.59. The van der Waals surface area contributed by atoms with Gasteiger partial charge in [-0.15, -0.1) is 0 Å². The van der Waals surface area contributed by atoms with Crippen LogP contribution in [0.1, 0.15) is 49.7 Å². The van der Waals surface area contributed by atoms with E-state index in [0.717, 1.165) is 42.7 Å². The molecule has 2 fully saturated rings. The van der Waals surface area contributed by atoms with Crippen LogP contribution in [0.4, 0.5) is 8.78 Å². The second kappa shape index (κ2) is 12.5. The number of carbonyl (C=O) groups is 2. The zero-order valence-corrected chi connectivity index (χ0v) is 23.1. The summed E-state index contributed by atoms with van der Waals surface area (Å²) in [4.78, 5) is 30.5. The van der Waals surface area contributed by atoms with Gasteiger partial charge in [0.15, 0.2) is 11.6 Å². The molecule has 40 heavy (non-hydrogen) atoms. The minimum absolute atomic E-state index is 0.176. The van der Waals surface area contributed by atoms with E-state index in [0.29, 0.717) is 36.8 Å². The lowest BCUT2D eigenvalue weighted by molar-refractivity contribution is 0.0562. The molecule has 0 saturated carbocycles. The third kappa shape index (κ3) is 6.22. The van der Waals surface area contributed by atoms with E-state index in [1.807, 2.05) is 32.0 Å². The molecular formula is C33H37F2N3O2. The fourth-order valence-electron chi connectivity index (χ4n) is 6.35. The van der Waals surface area contributed by atoms with Crippen LogP contribution in [0.3, 0.4) is 0 Å². The number of nitrogens with one attached hydrogen (secondary N) is 2. The molecule has 0 aliphatic carbocycles. The van der Waals surface area contributed by atoms with Crippen molar-refractivity contribution in [1.29, 1.82) is 0 Å². The van der Waals surface area contributed by atoms with Crippen molar-refractivity contribution >= 4 is 11.6 Å². The van der Waals surface area contributed by atoms with Gasteiger partial charge >= 0.3 is 0 Å². The van der Waals surface area contributed by atoms with Crippen molar-refractivity contribution in [2.24, 2.45) is 11.8 Å². The van der Waals surface area contributed by atoms with Gasteiger partial charge in [-0.25, -0.2) is 8.78 Å². The highest BCUT2D eigenvalue weighted by Gasteiger charge is 2.45. The zero-order chi connectivity index (χ0) is 28.2. The van der Waals surface area contributed by atoms with Crippen molar-refractivity contribution < 1.29 is 18.4 Å². The Morgan fingerprint density at radius 3 is 2.00 bits per heavy atom. The second-order valence-corrected chi connectivity index (χ2v) is 11.2. The highest BCUT2D eigenvalue weighted by atomic mass is 19.1. The molecule has 2 aliphatic heterocycles. The average Bonchev–Trinajstić information content (AvgIpc) is 2.97. The predicted octanol–water partition coefficient (Wildman–Crippen LogP) is 4.93. The number of piperidine rings is 1. The summed E-state index contributed by atoms with van der Waals surface area (Å²) in [5, 5.41) is 6.94. The van der Waals surface area contributed by atoms with E-state index in [4.69, 9.17) is 0 Å². The minimum Gasteiger partial charge on any atom is -0.314 e. The molecule has 0 bridgehead atoms. The molecule has 0 aromatic heterocycles. The predicted molar refractivity (Wildman–Crippen MR) is 153 cm³/mol. The quantitative estimate of drug-likeness (QED) is 0.393. The first-order valence-electron chi connectivity index (χ1n) is 14.1. The molecule has 7 heteroatoms. The summed E-state index contributed by atoms with van der Waals surface area (Å²) in [5.74, 6) is -2.87. The largest absolute Gasteiger partial charge is 0.314 e. The van der Waals surface area contributed by atoms with Crippen LogP contribution in [0.5, 0.6) is 0 Å². The fraction of sp³-hybridized carbons (Fsp3) is 0.394. The van der Waals surface area contributed by atoms with E-state index in [1.54, 1.807) is 24.3 Å². The molecular weight excluding hydrogens is 508 g/mol. The van der Waals surface area contributed by atoms with E-state index in [2.05, 4.69) is 15.5 Å². The highest BCUT2D eigenvalue weighted by Crippen LogP contribution is 2.42. The van der Waals surface area contributed by atoms with Crippen LogP contribution in [0.15, 0.2) is 66.7 Å². The summed E-state index contributed by atoms with van der Waals surface area (Å²) in [7, 11) is 0. The number of piperazine rings is 1. The van der Waals surface area contributed by atoms with Crippen LogP contribution >= 0.6 is 0 Å². The smallest absolute Gasteiger partial charge is 0.167 e. The first-order chi connectivity index (χ1) is 19.3. The number of likely N-dealkylation sites (tertiary alicyclic amines) is 1. The van der Waals surface area contributed by atoms with E-state index in [-0.39, 0.29) is 11.6 Å². The number of hydrogen-bond acceptors (Lipinski definition) is 5. The maximum atomic E-state index is 14.2. The molecule has 2 saturated heterocycles. The number of carbonyl (C=O) groups excluding carboxylic acids is 2. The Balaban J connectivity index is 1.57. The van der Waals surface area contributed by atoms with Gasteiger partial charge in [-0.2, -0.15) is 0 Å². The summed E-state index contributed by atoms with van der Waals surface area (Å²) < 4.78 is 28.5. The summed E-state index contributed by atoms with van der Waals surface area (Å²) in [6.07, 6.45) is 0.864. The third-order valence-corrected chi connectivity index (χ3v) is 8.59. The van der Waals surface area contributed by atoms with Gasteiger partial charge in [-0.05, 0) is 67.8 Å². The molecule has 2 heterocycles. The maximum absolute atomic E-state index is 14.2. The average molecular weight is 546 g/mol. The molecule has 2 aliphatic rings. The van der Waals surface area contributed by atoms with Crippen molar-refractivity contribution in [3.05, 3.63) is 106 Å². The van der Waals surface area contributed by atoms with Crippen LogP contribution in [0.25, 0.3) is 0 Å². The van der Waals surface area contributed by atoms with Crippen LogP contribution in [-0.2, 0) is 0 Å². The summed E-state index contributed by atoms with van der Waals surface area (Å²) in [6.45, 7) is 8.38. The Morgan fingerprint density at radius 2 is 1.45 bits per heavy atom. The maximum Gasteiger partial charge on any atom is 0.167 e. The van der Waals surface area contributed by atoms with Gasteiger partial charge in [0.1, 0.15) is 11.6 Å². The van der Waals surface area contributed by atoms with Gasteiger partial charge in [-0.3, -0.25) is 9.59 Å². The van der Waals surface area contributed by atoms with E-state index >= 15 is 0 Å². The molecule has 2 unspecified atom stereocenters. The lowest BCUT2D eigenvalue weighted by Gasteiger charge is -2.44. The Kier molecular flexibility index (Phi) is 8.84. The lowest BCUT2D eigenvalue weighted by atomic mass is 9.67. The Bertz CT molecular complexity index is 1300. The van der Waals surface area contributed by atoms with Crippen molar-refractivity contribution in [3.63, 3.8) is 0 Å². The first-order valence-corrected chi connectivity index (χ1v) is 14.1. The van der Waals surface area contributed by atoms with Crippen LogP contribution in [-0.4, -0.2) is 61.8 Å². The van der Waals surface area contributed by atoms with Crippen LogP contribution < -0.4 is 10.6 Å². The van der Waals surface area contributed by atoms with E-state index in [1.165, 1.54) is 24.3 Å². The standard InChI is InChI=1S/C33H37F2N3O2/c1-21-6-3-11-28(22(21)2)31-29(32(39)23-7-4-9-25(34)16-23)19-38(15-12-27-18-36-13-14-37-27)20-30(31)33(40)24-8-5-10-26(35)17-24/h3-11,16-17,27,29-31,36-37H,12-15,18-20H2,1-2H3/t27?,29-,30+,31?. The molecule has 5 nitrogen and oxygen atoms in total. The van der Waals surface area contributed by atoms with Gasteiger partial charge < -0.3 is 15.5 Å². The number of halogens is 2. The van der Waals surface area contributed by atoms with Gasteiger partial charge in [0.25, 0.3) is 0 Å². The van der Waals surface area contributed by atoms with Crippen molar-refractivity contribution in [1.82, 2.24) is 15.5 Å². The van der Waals surface area contributed by atoms with E-state index in [9.17, 15) is 18.4 Å². The fourth-order valence-corrected chi connectivity index (χ4v) is 6.35. The van der Waals surface area contributed by atoms with Crippen molar-refractivity contribution in [2.45, 2.75) is 32.2 Å². The molecule has 3 aromatic rings. The number of rotatable bonds is 8. The summed E-state index contributed by atoms with van der Waals surface area (Å²) >= 11 is 0. The Morgan fingerprint density at radius 1 is 0.850 bits per heavy atom. The number of aryl methyl sites for hydroxylation is 1. The molecule has 3 aromatic carbocycles. The number of nitrogens with zero attached hydrogens (tertiary/aromatic N) is 1. The topological polar surface area (TPSA) is 61.4 Å². The molecule has 0 amide bonds. The summed E-state index contributed by atoms with van der Waals surface area (Å²) in [6, 6.07) is 17.9. The van der Waals surface area contributed by atoms with Gasteiger partial charge in [0.2, 0.25) is 0 Å². The van der Waals surface area contributed by atoms with Crippen LogP contribution in [0.2, 0.25) is 0 Å². The van der Waals surface area contributed by atoms with Crippen LogP contribution in [0, 0.1) is 37.3 Å². The molecule has 210 valence electrons. The second-order valence-electron chi connectivity index (χ2n) is 11.2. The van der Waals surface area contributed by atoms with Crippen molar-refractivity contribution in [3.8, 4) is 0 Å². The number of benzene rings is 3. The Hall–Kier alpha value is -3.26.